The summed E-state index contributed by atoms with van der Waals surface area (Å²) in [5.74, 6) is -0.400. The maximum Gasteiger partial charge on any atom is 0.272 e. The summed E-state index contributed by atoms with van der Waals surface area (Å²) in [6, 6.07) is 1.19. The smallest absolute Gasteiger partial charge is 0.272 e. The van der Waals surface area contributed by atoms with Gasteiger partial charge in [0.05, 0.1) is 19.8 Å². The number of alkyl halides is 1. The molecule has 8 heteroatoms. The summed E-state index contributed by atoms with van der Waals surface area (Å²) in [5, 5.41) is 0. The van der Waals surface area contributed by atoms with E-state index in [9.17, 15) is 13.2 Å². The summed E-state index contributed by atoms with van der Waals surface area (Å²) in [6.07, 6.45) is 0. The van der Waals surface area contributed by atoms with Gasteiger partial charge in [-0.3, -0.25) is 4.79 Å². The average Bonchev–Trinajstić information content (AvgIpc) is 2.64. The first-order valence-corrected chi connectivity index (χ1v) is 8.20. The largest absolute Gasteiger partial charge is 0.493 e. The van der Waals surface area contributed by atoms with Crippen molar-refractivity contribution in [3.8, 4) is 11.5 Å². The molecule has 0 bridgehead atoms. The van der Waals surface area contributed by atoms with Crippen molar-refractivity contribution >= 4 is 27.5 Å². The Morgan fingerprint density at radius 1 is 1.29 bits per heavy atom. The minimum atomic E-state index is -4.03. The molecule has 0 spiro atoms. The molecule has 6 nitrogen and oxygen atoms in total. The minimum Gasteiger partial charge on any atom is -0.493 e. The molecule has 1 aromatic rings. The second-order valence-electron chi connectivity index (χ2n) is 4.84. The molecule has 0 saturated heterocycles. The number of hydrogen-bond acceptors (Lipinski definition) is 5. The van der Waals surface area contributed by atoms with Crippen LogP contribution in [0.2, 0.25) is 0 Å². The molecule has 1 aromatic carbocycles. The number of carbonyl (C=O) groups is 1. The summed E-state index contributed by atoms with van der Waals surface area (Å²) in [6.45, 7) is 3.73. The van der Waals surface area contributed by atoms with E-state index in [1.807, 2.05) is 13.8 Å². The highest BCUT2D eigenvalue weighted by atomic mass is 35.5. The standard InChI is InChI=1S/C13H16ClNO5S/c1-7(2)8-5-9(19-3)11(20-4)12-10(8)13(16)15(6-14)21(12,17)18/h5,7H,6H2,1-4H3. The van der Waals surface area contributed by atoms with Crippen LogP contribution in [0.5, 0.6) is 11.5 Å². The molecule has 1 amide bonds. The molecule has 1 aliphatic rings. The molecule has 0 aromatic heterocycles. The summed E-state index contributed by atoms with van der Waals surface area (Å²) in [7, 11) is -1.29. The second-order valence-corrected chi connectivity index (χ2v) is 6.88. The Balaban J connectivity index is 2.95. The van der Waals surface area contributed by atoms with Gasteiger partial charge < -0.3 is 9.47 Å². The van der Waals surface area contributed by atoms with E-state index in [0.29, 0.717) is 9.87 Å². The van der Waals surface area contributed by atoms with Gasteiger partial charge in [0, 0.05) is 0 Å². The number of fused-ring (bicyclic) bond motifs is 1. The van der Waals surface area contributed by atoms with Crippen LogP contribution in [0, 0.1) is 0 Å². The molecule has 0 N–H and O–H groups in total. The number of benzene rings is 1. The molecule has 1 heterocycles. The topological polar surface area (TPSA) is 72.9 Å². The van der Waals surface area contributed by atoms with Gasteiger partial charge in [0.15, 0.2) is 11.5 Å². The Hall–Kier alpha value is -1.47. The zero-order chi connectivity index (χ0) is 15.9. The van der Waals surface area contributed by atoms with E-state index in [1.54, 1.807) is 6.07 Å². The van der Waals surface area contributed by atoms with Gasteiger partial charge >= 0.3 is 0 Å². The summed E-state index contributed by atoms with van der Waals surface area (Å²) in [4.78, 5) is 12.2. The number of carbonyl (C=O) groups excluding carboxylic acids is 1. The number of amides is 1. The first-order chi connectivity index (χ1) is 9.81. The average molecular weight is 334 g/mol. The number of rotatable bonds is 4. The van der Waals surface area contributed by atoms with Crippen molar-refractivity contribution in [2.75, 3.05) is 20.2 Å². The Morgan fingerprint density at radius 3 is 2.33 bits per heavy atom. The van der Waals surface area contributed by atoms with Crippen LogP contribution in [0.4, 0.5) is 0 Å². The predicted molar refractivity (Wildman–Crippen MR) is 77.7 cm³/mol. The number of nitrogens with zero attached hydrogens (tertiary/aromatic N) is 1. The van der Waals surface area contributed by atoms with Gasteiger partial charge in [0.2, 0.25) is 0 Å². The molecule has 1 aliphatic heterocycles. The van der Waals surface area contributed by atoms with Crippen molar-refractivity contribution < 1.29 is 22.7 Å². The lowest BCUT2D eigenvalue weighted by atomic mass is 9.95. The van der Waals surface area contributed by atoms with Crippen LogP contribution < -0.4 is 9.47 Å². The van der Waals surface area contributed by atoms with Gasteiger partial charge in [-0.1, -0.05) is 13.8 Å². The Labute approximate surface area is 128 Å². The lowest BCUT2D eigenvalue weighted by Gasteiger charge is -2.15. The molecular formula is C13H16ClNO5S. The lowest BCUT2D eigenvalue weighted by Crippen LogP contribution is -2.28. The van der Waals surface area contributed by atoms with E-state index < -0.39 is 21.9 Å². The van der Waals surface area contributed by atoms with Crippen molar-refractivity contribution in [2.24, 2.45) is 0 Å². The van der Waals surface area contributed by atoms with Gasteiger partial charge in [-0.2, -0.15) is 0 Å². The maximum absolute atomic E-state index is 12.5. The molecule has 21 heavy (non-hydrogen) atoms. The molecule has 0 atom stereocenters. The van der Waals surface area contributed by atoms with Crippen molar-refractivity contribution in [3.05, 3.63) is 17.2 Å². The fraction of sp³-hybridized carbons (Fsp3) is 0.462. The van der Waals surface area contributed by atoms with E-state index in [4.69, 9.17) is 21.1 Å². The van der Waals surface area contributed by atoms with Crippen molar-refractivity contribution in [1.82, 2.24) is 4.31 Å². The number of methoxy groups -OCH3 is 2. The lowest BCUT2D eigenvalue weighted by molar-refractivity contribution is 0.0884. The SMILES string of the molecule is COc1cc(C(C)C)c2c(c1OC)S(=O)(=O)N(CCl)C2=O. The molecule has 0 saturated carbocycles. The monoisotopic (exact) mass is 333 g/mol. The zero-order valence-electron chi connectivity index (χ0n) is 12.1. The molecule has 0 aliphatic carbocycles. The van der Waals surface area contributed by atoms with Gasteiger partial charge in [0.25, 0.3) is 15.9 Å². The quantitative estimate of drug-likeness (QED) is 0.623. The van der Waals surface area contributed by atoms with Gasteiger partial charge in [-0.05, 0) is 17.5 Å². The van der Waals surface area contributed by atoms with Crippen LogP contribution in [0.25, 0.3) is 0 Å². The Bertz CT molecular complexity index is 699. The van der Waals surface area contributed by atoms with Crippen LogP contribution in [0.1, 0.15) is 35.7 Å². The first kappa shape index (κ1) is 15.9. The normalized spacial score (nSPS) is 16.3. The maximum atomic E-state index is 12.5. The van der Waals surface area contributed by atoms with Crippen LogP contribution in [0.3, 0.4) is 0 Å². The number of ether oxygens (including phenoxy) is 2. The molecule has 0 fully saturated rings. The van der Waals surface area contributed by atoms with E-state index in [2.05, 4.69) is 0 Å². The molecule has 116 valence electrons. The van der Waals surface area contributed by atoms with E-state index in [1.165, 1.54) is 14.2 Å². The summed E-state index contributed by atoms with van der Waals surface area (Å²) >= 11 is 5.63. The van der Waals surface area contributed by atoms with Crippen LogP contribution in [0.15, 0.2) is 11.0 Å². The fourth-order valence-electron chi connectivity index (χ4n) is 2.37. The third-order valence-electron chi connectivity index (χ3n) is 3.38. The zero-order valence-corrected chi connectivity index (χ0v) is 13.7. The van der Waals surface area contributed by atoms with Crippen molar-refractivity contribution in [2.45, 2.75) is 24.7 Å². The van der Waals surface area contributed by atoms with Crippen molar-refractivity contribution in [3.63, 3.8) is 0 Å². The number of halogens is 1. The highest BCUT2D eigenvalue weighted by Crippen LogP contribution is 2.46. The summed E-state index contributed by atoms with van der Waals surface area (Å²) in [5.41, 5.74) is 0.701. The number of sulfonamides is 1. The first-order valence-electron chi connectivity index (χ1n) is 6.23. The van der Waals surface area contributed by atoms with Crippen LogP contribution in [-0.2, 0) is 10.0 Å². The van der Waals surface area contributed by atoms with E-state index in [0.717, 1.165) is 0 Å². The second kappa shape index (κ2) is 5.38. The summed E-state index contributed by atoms with van der Waals surface area (Å²) < 4.78 is 36.1. The van der Waals surface area contributed by atoms with Gasteiger partial charge in [-0.25, -0.2) is 12.7 Å². The number of hydrogen-bond donors (Lipinski definition) is 0. The third kappa shape index (κ3) is 2.15. The van der Waals surface area contributed by atoms with E-state index in [-0.39, 0.29) is 27.9 Å². The predicted octanol–water partition coefficient (Wildman–Crippen LogP) is 2.17. The van der Waals surface area contributed by atoms with Crippen LogP contribution in [-0.4, -0.2) is 38.9 Å². The molecule has 2 rings (SSSR count). The highest BCUT2D eigenvalue weighted by molar-refractivity contribution is 7.90. The Kier molecular flexibility index (Phi) is 4.08. The molecule has 0 radical (unpaired) electrons. The minimum absolute atomic E-state index is 0.0258. The van der Waals surface area contributed by atoms with Crippen molar-refractivity contribution in [1.29, 1.82) is 0 Å². The van der Waals surface area contributed by atoms with Gasteiger partial charge in [-0.15, -0.1) is 11.6 Å². The third-order valence-corrected chi connectivity index (χ3v) is 5.54. The highest BCUT2D eigenvalue weighted by Gasteiger charge is 2.46. The molecule has 0 unspecified atom stereocenters. The fourth-order valence-corrected chi connectivity index (χ4v) is 4.40. The Morgan fingerprint density at radius 2 is 1.90 bits per heavy atom. The molecular weight excluding hydrogens is 318 g/mol. The van der Waals surface area contributed by atoms with Gasteiger partial charge in [0.1, 0.15) is 10.9 Å². The van der Waals surface area contributed by atoms with E-state index >= 15 is 0 Å². The van der Waals surface area contributed by atoms with Crippen LogP contribution >= 0.6 is 11.6 Å².